The minimum Gasteiger partial charge on any atom is -0.493 e. The molecular weight excluding hydrogens is 426 g/mol. The number of allylic oxidation sites excluding steroid dienone is 3. The maximum Gasteiger partial charge on any atom is 0.269 e. The lowest BCUT2D eigenvalue weighted by Crippen LogP contribution is -2.29. The molecule has 0 amide bonds. The summed E-state index contributed by atoms with van der Waals surface area (Å²) in [6.45, 7) is 0. The molecule has 2 N–H and O–H groups in total. The van der Waals surface area contributed by atoms with Crippen LogP contribution in [0.3, 0.4) is 0 Å². The minimum atomic E-state index is -0.738. The van der Waals surface area contributed by atoms with Crippen LogP contribution in [0.1, 0.15) is 35.8 Å². The van der Waals surface area contributed by atoms with Crippen LogP contribution in [0.5, 0.6) is 11.5 Å². The Morgan fingerprint density at radius 2 is 1.76 bits per heavy atom. The first-order valence-electron chi connectivity index (χ1n) is 10.2. The van der Waals surface area contributed by atoms with Crippen molar-refractivity contribution in [1.82, 2.24) is 0 Å². The van der Waals surface area contributed by atoms with Crippen molar-refractivity contribution in [2.75, 3.05) is 14.2 Å². The Kier molecular flexibility index (Phi) is 5.75. The first-order chi connectivity index (χ1) is 15.9. The highest BCUT2D eigenvalue weighted by Gasteiger charge is 2.41. The lowest BCUT2D eigenvalue weighted by molar-refractivity contribution is -0.384. The molecule has 0 unspecified atom stereocenters. The van der Waals surface area contributed by atoms with Crippen LogP contribution in [-0.2, 0) is 9.53 Å². The fourth-order valence-electron chi connectivity index (χ4n) is 4.37. The van der Waals surface area contributed by atoms with Crippen molar-refractivity contribution in [3.8, 4) is 17.6 Å². The van der Waals surface area contributed by atoms with Crippen molar-refractivity contribution >= 4 is 11.5 Å². The van der Waals surface area contributed by atoms with E-state index in [2.05, 4.69) is 0 Å². The van der Waals surface area contributed by atoms with Gasteiger partial charge in [0.1, 0.15) is 17.4 Å². The summed E-state index contributed by atoms with van der Waals surface area (Å²) in [7, 11) is 3.09. The van der Waals surface area contributed by atoms with Gasteiger partial charge in [0.15, 0.2) is 17.3 Å². The summed E-state index contributed by atoms with van der Waals surface area (Å²) < 4.78 is 16.4. The van der Waals surface area contributed by atoms with E-state index in [0.29, 0.717) is 34.8 Å². The number of hydrogen-bond acceptors (Lipinski definition) is 8. The average molecular weight is 447 g/mol. The van der Waals surface area contributed by atoms with E-state index < -0.39 is 10.8 Å². The van der Waals surface area contributed by atoms with Gasteiger partial charge in [-0.05, 0) is 29.2 Å². The Morgan fingerprint density at radius 3 is 2.36 bits per heavy atom. The Bertz CT molecular complexity index is 1240. The largest absolute Gasteiger partial charge is 0.493 e. The molecule has 168 valence electrons. The summed E-state index contributed by atoms with van der Waals surface area (Å²) >= 11 is 0. The van der Waals surface area contributed by atoms with Crippen LogP contribution < -0.4 is 15.2 Å². The van der Waals surface area contributed by atoms with Crippen molar-refractivity contribution in [2.45, 2.75) is 24.7 Å². The van der Waals surface area contributed by atoms with Gasteiger partial charge in [0.25, 0.3) is 5.69 Å². The molecule has 0 fully saturated rings. The van der Waals surface area contributed by atoms with Gasteiger partial charge in [0.2, 0.25) is 5.88 Å². The summed E-state index contributed by atoms with van der Waals surface area (Å²) in [5.74, 6) is 0.400. The van der Waals surface area contributed by atoms with E-state index in [4.69, 9.17) is 19.9 Å². The Hall–Kier alpha value is -4.32. The number of carbonyl (C=O) groups excluding carboxylic acids is 1. The number of nitrogens with zero attached hydrogens (tertiary/aromatic N) is 2. The van der Waals surface area contributed by atoms with Gasteiger partial charge in [-0.2, -0.15) is 5.26 Å². The summed E-state index contributed by atoms with van der Waals surface area (Å²) in [6, 6.07) is 13.3. The summed E-state index contributed by atoms with van der Waals surface area (Å²) in [5, 5.41) is 20.7. The van der Waals surface area contributed by atoms with Crippen LogP contribution in [-0.4, -0.2) is 24.9 Å². The number of methoxy groups -OCH3 is 2. The van der Waals surface area contributed by atoms with Crippen molar-refractivity contribution < 1.29 is 23.9 Å². The highest BCUT2D eigenvalue weighted by molar-refractivity contribution is 6.00. The molecule has 0 aromatic heterocycles. The van der Waals surface area contributed by atoms with Gasteiger partial charge < -0.3 is 19.9 Å². The summed E-state index contributed by atoms with van der Waals surface area (Å²) in [6.07, 6.45) is 0.610. The van der Waals surface area contributed by atoms with Crippen molar-refractivity contribution in [3.05, 3.63) is 86.5 Å². The predicted octanol–water partition coefficient (Wildman–Crippen LogP) is 3.82. The van der Waals surface area contributed by atoms with Crippen LogP contribution in [0.25, 0.3) is 0 Å². The number of nitro groups is 1. The molecule has 0 saturated heterocycles. The topological polar surface area (TPSA) is 138 Å². The number of ketones is 1. The number of nitriles is 1. The summed E-state index contributed by atoms with van der Waals surface area (Å²) in [4.78, 5) is 23.9. The molecular formula is C24H21N3O6. The van der Waals surface area contributed by atoms with Gasteiger partial charge in [-0.25, -0.2) is 0 Å². The number of non-ortho nitro benzene ring substituents is 1. The van der Waals surface area contributed by atoms with Gasteiger partial charge in [0, 0.05) is 30.5 Å². The van der Waals surface area contributed by atoms with E-state index in [1.165, 1.54) is 24.3 Å². The predicted molar refractivity (Wildman–Crippen MR) is 117 cm³/mol. The molecule has 9 nitrogen and oxygen atoms in total. The molecule has 33 heavy (non-hydrogen) atoms. The van der Waals surface area contributed by atoms with Gasteiger partial charge in [0.05, 0.1) is 25.1 Å². The number of hydrogen-bond donors (Lipinski definition) is 1. The number of ether oxygens (including phenoxy) is 3. The number of nitro benzene ring substituents is 1. The van der Waals surface area contributed by atoms with Gasteiger partial charge >= 0.3 is 0 Å². The van der Waals surface area contributed by atoms with Crippen LogP contribution in [0, 0.1) is 21.4 Å². The number of nitrogens with two attached hydrogens (primary N) is 1. The second-order valence-corrected chi connectivity index (χ2v) is 7.75. The number of carbonyl (C=O) groups is 1. The molecule has 0 saturated carbocycles. The molecule has 2 atom stereocenters. The highest BCUT2D eigenvalue weighted by Crippen LogP contribution is 2.47. The zero-order valence-corrected chi connectivity index (χ0v) is 18.0. The third-order valence-corrected chi connectivity index (χ3v) is 5.98. The Morgan fingerprint density at radius 1 is 1.09 bits per heavy atom. The van der Waals surface area contributed by atoms with Crippen molar-refractivity contribution in [1.29, 1.82) is 5.26 Å². The molecule has 1 heterocycles. The molecule has 4 rings (SSSR count). The summed E-state index contributed by atoms with van der Waals surface area (Å²) in [5.41, 5.74) is 7.90. The standard InChI is InChI=1S/C24H21N3O6/c1-31-19-8-5-14(10-20(19)32-2)15-9-18(28)23-21(11-15)33-24(26)17(12-25)22(23)13-3-6-16(7-4-13)27(29)30/h3-8,10,15,22H,9,11,26H2,1-2H3/t15-,22-/m1/s1. The first-order valence-corrected chi connectivity index (χ1v) is 10.2. The first kappa shape index (κ1) is 21.9. The second-order valence-electron chi connectivity index (χ2n) is 7.75. The number of benzene rings is 2. The molecule has 0 radical (unpaired) electrons. The molecule has 2 aromatic carbocycles. The molecule has 2 aromatic rings. The third-order valence-electron chi connectivity index (χ3n) is 5.98. The fourth-order valence-corrected chi connectivity index (χ4v) is 4.37. The second kappa shape index (κ2) is 8.67. The SMILES string of the molecule is COc1ccc([C@@H]2CC(=O)C3=C(C2)OC(N)=C(C#N)[C@H]3c2ccc([N+](=O)[O-])cc2)cc1OC. The molecule has 1 aliphatic carbocycles. The number of rotatable bonds is 5. The van der Waals surface area contributed by atoms with Crippen LogP contribution >= 0.6 is 0 Å². The van der Waals surface area contributed by atoms with Gasteiger partial charge in [-0.15, -0.1) is 0 Å². The van der Waals surface area contributed by atoms with Gasteiger partial charge in [-0.3, -0.25) is 14.9 Å². The smallest absolute Gasteiger partial charge is 0.269 e. The van der Waals surface area contributed by atoms with Gasteiger partial charge in [-0.1, -0.05) is 18.2 Å². The van der Waals surface area contributed by atoms with E-state index in [0.717, 1.165) is 5.56 Å². The molecule has 0 bridgehead atoms. The molecule has 1 aliphatic heterocycles. The zero-order chi connectivity index (χ0) is 23.7. The molecule has 9 heteroatoms. The maximum absolute atomic E-state index is 13.3. The lowest BCUT2D eigenvalue weighted by atomic mass is 9.73. The van der Waals surface area contributed by atoms with E-state index in [1.807, 2.05) is 18.2 Å². The van der Waals surface area contributed by atoms with Crippen molar-refractivity contribution in [3.63, 3.8) is 0 Å². The van der Waals surface area contributed by atoms with Crippen LogP contribution in [0.4, 0.5) is 5.69 Å². The van der Waals surface area contributed by atoms with Crippen molar-refractivity contribution in [2.24, 2.45) is 5.73 Å². The Balaban J connectivity index is 1.74. The van der Waals surface area contributed by atoms with E-state index in [1.54, 1.807) is 20.3 Å². The van der Waals surface area contributed by atoms with Crippen LogP contribution in [0.2, 0.25) is 0 Å². The highest BCUT2D eigenvalue weighted by atomic mass is 16.6. The lowest BCUT2D eigenvalue weighted by Gasteiger charge is -2.34. The molecule has 0 spiro atoms. The zero-order valence-electron chi connectivity index (χ0n) is 18.0. The third kappa shape index (κ3) is 3.87. The normalized spacial score (nSPS) is 20.0. The van der Waals surface area contributed by atoms with E-state index in [-0.39, 0.29) is 35.3 Å². The Labute approximate surface area is 189 Å². The minimum absolute atomic E-state index is 0.0691. The van der Waals surface area contributed by atoms with Crippen LogP contribution in [0.15, 0.2) is 65.3 Å². The maximum atomic E-state index is 13.3. The number of Topliss-reactive ketones (excluding diaryl/α,β-unsaturated/α-hetero) is 1. The quantitative estimate of drug-likeness (QED) is 0.539. The van der Waals surface area contributed by atoms with E-state index >= 15 is 0 Å². The molecule has 2 aliphatic rings. The van der Waals surface area contributed by atoms with E-state index in [9.17, 15) is 20.2 Å². The monoisotopic (exact) mass is 447 g/mol. The fraction of sp³-hybridized carbons (Fsp3) is 0.250. The average Bonchev–Trinajstić information content (AvgIpc) is 2.82.